The van der Waals surface area contributed by atoms with Crippen LogP contribution in [0.15, 0.2) is 46.1 Å². The molecule has 1 aliphatic heterocycles. The third-order valence-corrected chi connectivity index (χ3v) is 4.42. The number of aryl methyl sites for hydroxylation is 1. The second-order valence-electron chi connectivity index (χ2n) is 6.10. The Kier molecular flexibility index (Phi) is 5.33. The van der Waals surface area contributed by atoms with Gasteiger partial charge in [0.2, 0.25) is 0 Å². The van der Waals surface area contributed by atoms with Crippen LogP contribution in [0.25, 0.3) is 0 Å². The van der Waals surface area contributed by atoms with Crippen molar-refractivity contribution in [3.8, 4) is 0 Å². The van der Waals surface area contributed by atoms with Crippen LogP contribution in [-0.4, -0.2) is 49.4 Å². The highest BCUT2D eigenvalue weighted by Crippen LogP contribution is 2.27. The van der Waals surface area contributed by atoms with E-state index in [9.17, 15) is 24.2 Å². The van der Waals surface area contributed by atoms with Crippen LogP contribution >= 0.6 is 0 Å². The molecule has 3 rings (SSSR count). The van der Waals surface area contributed by atoms with Crippen molar-refractivity contribution in [3.05, 3.63) is 68.7 Å². The summed E-state index contributed by atoms with van der Waals surface area (Å²) in [6, 6.07) is 6.86. The predicted octanol–water partition coefficient (Wildman–Crippen LogP) is -0.997. The Morgan fingerprint density at radius 3 is 2.38 bits per heavy atom. The molecule has 26 heavy (non-hydrogen) atoms. The lowest BCUT2D eigenvalue weighted by Gasteiger charge is -2.18. The van der Waals surface area contributed by atoms with Gasteiger partial charge in [-0.2, -0.15) is 0 Å². The minimum Gasteiger partial charge on any atom is -0.394 e. The fraction of sp³-hybridized carbons (Fsp3) is 0.412. The van der Waals surface area contributed by atoms with Gasteiger partial charge in [-0.15, -0.1) is 0 Å². The molecule has 1 aliphatic rings. The number of aromatic nitrogens is 2. The molecule has 0 bridgehead atoms. The van der Waals surface area contributed by atoms with E-state index in [-0.39, 0.29) is 12.4 Å². The third kappa shape index (κ3) is 3.47. The molecule has 1 aromatic carbocycles. The number of hydrogen-bond acceptors (Lipinski definition) is 6. The SMILES string of the molecule is O=c1ccn(C2OC(CO)C(O)C2O)c(=O)n1CCc1ccc(F)cc1. The van der Waals surface area contributed by atoms with E-state index in [1.807, 2.05) is 0 Å². The van der Waals surface area contributed by atoms with Gasteiger partial charge in [0, 0.05) is 18.8 Å². The number of aliphatic hydroxyl groups excluding tert-OH is 3. The van der Waals surface area contributed by atoms with Gasteiger partial charge in [-0.25, -0.2) is 9.18 Å². The summed E-state index contributed by atoms with van der Waals surface area (Å²) in [4.78, 5) is 24.7. The smallest absolute Gasteiger partial charge is 0.333 e. The Balaban J connectivity index is 1.86. The zero-order valence-electron chi connectivity index (χ0n) is 13.7. The van der Waals surface area contributed by atoms with Gasteiger partial charge in [-0.3, -0.25) is 13.9 Å². The number of benzene rings is 1. The fourth-order valence-corrected chi connectivity index (χ4v) is 2.93. The van der Waals surface area contributed by atoms with E-state index in [2.05, 4.69) is 0 Å². The molecule has 0 saturated carbocycles. The van der Waals surface area contributed by atoms with E-state index in [1.54, 1.807) is 12.1 Å². The highest BCUT2D eigenvalue weighted by molar-refractivity contribution is 5.16. The Morgan fingerprint density at radius 2 is 1.77 bits per heavy atom. The van der Waals surface area contributed by atoms with Crippen molar-refractivity contribution in [2.75, 3.05) is 6.61 Å². The van der Waals surface area contributed by atoms with Gasteiger partial charge < -0.3 is 20.1 Å². The van der Waals surface area contributed by atoms with Crippen LogP contribution in [0.5, 0.6) is 0 Å². The quantitative estimate of drug-likeness (QED) is 0.626. The molecule has 0 spiro atoms. The summed E-state index contributed by atoms with van der Waals surface area (Å²) in [7, 11) is 0. The molecule has 2 aromatic rings. The number of halogens is 1. The maximum absolute atomic E-state index is 12.9. The maximum Gasteiger partial charge on any atom is 0.333 e. The third-order valence-electron chi connectivity index (χ3n) is 4.42. The first kappa shape index (κ1) is 18.5. The van der Waals surface area contributed by atoms with Gasteiger partial charge >= 0.3 is 5.69 Å². The largest absolute Gasteiger partial charge is 0.394 e. The second-order valence-corrected chi connectivity index (χ2v) is 6.10. The highest BCUT2D eigenvalue weighted by atomic mass is 19.1. The van der Waals surface area contributed by atoms with Crippen molar-refractivity contribution in [1.29, 1.82) is 0 Å². The van der Waals surface area contributed by atoms with Crippen LogP contribution in [0.1, 0.15) is 11.8 Å². The molecule has 1 fully saturated rings. The van der Waals surface area contributed by atoms with Crippen LogP contribution in [0.4, 0.5) is 4.39 Å². The number of aliphatic hydroxyl groups is 3. The van der Waals surface area contributed by atoms with E-state index in [4.69, 9.17) is 9.84 Å². The molecular formula is C17H19FN2O6. The number of rotatable bonds is 5. The average Bonchev–Trinajstić information content (AvgIpc) is 2.91. The highest BCUT2D eigenvalue weighted by Gasteiger charge is 2.43. The van der Waals surface area contributed by atoms with Crippen molar-refractivity contribution in [3.63, 3.8) is 0 Å². The summed E-state index contributed by atoms with van der Waals surface area (Å²) >= 11 is 0. The molecule has 1 saturated heterocycles. The van der Waals surface area contributed by atoms with Crippen molar-refractivity contribution in [2.24, 2.45) is 0 Å². The molecule has 140 valence electrons. The lowest BCUT2D eigenvalue weighted by Crippen LogP contribution is -2.43. The molecule has 1 aromatic heterocycles. The normalized spacial score (nSPS) is 25.5. The van der Waals surface area contributed by atoms with Gasteiger partial charge in [0.15, 0.2) is 6.23 Å². The van der Waals surface area contributed by atoms with Crippen molar-refractivity contribution in [1.82, 2.24) is 9.13 Å². The molecule has 0 amide bonds. The Labute approximate surface area is 147 Å². The molecule has 9 heteroatoms. The molecule has 2 heterocycles. The average molecular weight is 366 g/mol. The minimum atomic E-state index is -1.42. The first-order valence-corrected chi connectivity index (χ1v) is 8.11. The first-order chi connectivity index (χ1) is 12.4. The van der Waals surface area contributed by atoms with Gasteiger partial charge in [0.25, 0.3) is 5.56 Å². The summed E-state index contributed by atoms with van der Waals surface area (Å²) in [6.45, 7) is -0.466. The fourth-order valence-electron chi connectivity index (χ4n) is 2.93. The molecule has 0 aliphatic carbocycles. The van der Waals surface area contributed by atoms with E-state index in [0.717, 1.165) is 20.8 Å². The van der Waals surface area contributed by atoms with Crippen molar-refractivity contribution >= 4 is 0 Å². The molecule has 0 radical (unpaired) electrons. The van der Waals surface area contributed by atoms with E-state index >= 15 is 0 Å². The predicted molar refractivity (Wildman–Crippen MR) is 88.1 cm³/mol. The number of hydrogen-bond donors (Lipinski definition) is 3. The van der Waals surface area contributed by atoms with E-state index < -0.39 is 42.4 Å². The Bertz CT molecular complexity index is 878. The van der Waals surface area contributed by atoms with Gasteiger partial charge in [-0.05, 0) is 24.1 Å². The van der Waals surface area contributed by atoms with Crippen LogP contribution in [0.3, 0.4) is 0 Å². The van der Waals surface area contributed by atoms with E-state index in [0.29, 0.717) is 6.42 Å². The van der Waals surface area contributed by atoms with E-state index in [1.165, 1.54) is 18.3 Å². The lowest BCUT2D eigenvalue weighted by molar-refractivity contribution is -0.0556. The zero-order valence-corrected chi connectivity index (χ0v) is 13.7. The van der Waals surface area contributed by atoms with Crippen LogP contribution in [0, 0.1) is 5.82 Å². The second kappa shape index (κ2) is 7.50. The number of ether oxygens (including phenoxy) is 1. The van der Waals surface area contributed by atoms with Crippen molar-refractivity contribution < 1.29 is 24.4 Å². The molecular weight excluding hydrogens is 347 g/mol. The monoisotopic (exact) mass is 366 g/mol. The Morgan fingerprint density at radius 1 is 1.08 bits per heavy atom. The maximum atomic E-state index is 12.9. The molecule has 8 nitrogen and oxygen atoms in total. The summed E-state index contributed by atoms with van der Waals surface area (Å²) in [6.07, 6.45) is -3.51. The van der Waals surface area contributed by atoms with Crippen LogP contribution < -0.4 is 11.2 Å². The lowest BCUT2D eigenvalue weighted by atomic mass is 10.1. The van der Waals surface area contributed by atoms with Gasteiger partial charge in [0.05, 0.1) is 6.61 Å². The van der Waals surface area contributed by atoms with Crippen LogP contribution in [0.2, 0.25) is 0 Å². The summed E-state index contributed by atoms with van der Waals surface area (Å²) < 4.78 is 20.3. The van der Waals surface area contributed by atoms with Gasteiger partial charge in [0.1, 0.15) is 24.1 Å². The molecule has 4 atom stereocenters. The standard InChI is InChI=1S/C17H19FN2O6/c18-11-3-1-10(2-4-11)5-7-19-13(22)6-8-20(17(19)25)16-15(24)14(23)12(9-21)26-16/h1-4,6,8,12,14-16,21,23-24H,5,7,9H2. The minimum absolute atomic E-state index is 0.0545. The molecule has 3 N–H and O–H groups in total. The van der Waals surface area contributed by atoms with Gasteiger partial charge in [-0.1, -0.05) is 12.1 Å². The van der Waals surface area contributed by atoms with Crippen LogP contribution in [-0.2, 0) is 17.7 Å². The number of nitrogens with zero attached hydrogens (tertiary/aromatic N) is 2. The summed E-state index contributed by atoms with van der Waals surface area (Å²) in [5, 5.41) is 29.0. The first-order valence-electron chi connectivity index (χ1n) is 8.11. The summed E-state index contributed by atoms with van der Waals surface area (Å²) in [5.41, 5.74) is -0.490. The summed E-state index contributed by atoms with van der Waals surface area (Å²) in [5.74, 6) is -0.377. The topological polar surface area (TPSA) is 114 Å². The molecule has 4 unspecified atom stereocenters. The Hall–Kier alpha value is -2.33. The zero-order chi connectivity index (χ0) is 18.8. The van der Waals surface area contributed by atoms with Crippen molar-refractivity contribution in [2.45, 2.75) is 37.5 Å².